The van der Waals surface area contributed by atoms with Gasteiger partial charge in [0.1, 0.15) is 11.9 Å². The lowest BCUT2D eigenvalue weighted by atomic mass is 9.49. The van der Waals surface area contributed by atoms with Crippen LogP contribution in [-0.4, -0.2) is 18.7 Å². The van der Waals surface area contributed by atoms with E-state index in [2.05, 4.69) is 32.9 Å². The summed E-state index contributed by atoms with van der Waals surface area (Å²) in [5.74, 6) is 3.38. The van der Waals surface area contributed by atoms with Crippen LogP contribution in [0.15, 0.2) is 24.3 Å². The Morgan fingerprint density at radius 2 is 1.81 bits per heavy atom. The first-order valence-electron chi connectivity index (χ1n) is 10.9. The lowest BCUT2D eigenvalue weighted by molar-refractivity contribution is -0.179. The molecule has 0 saturated heterocycles. The number of hydrogen-bond acceptors (Lipinski definition) is 3. The van der Waals surface area contributed by atoms with Crippen LogP contribution in [0.25, 0.3) is 0 Å². The fourth-order valence-corrected chi connectivity index (χ4v) is 6.17. The molecule has 0 radical (unpaired) electrons. The van der Waals surface area contributed by atoms with Crippen LogP contribution in [-0.2, 0) is 9.53 Å². The Bertz CT molecular complexity index is 649. The highest BCUT2D eigenvalue weighted by atomic mass is 16.5. The molecule has 3 heteroatoms. The van der Waals surface area contributed by atoms with Crippen molar-refractivity contribution in [1.29, 1.82) is 0 Å². The van der Waals surface area contributed by atoms with Crippen molar-refractivity contribution in [2.75, 3.05) is 6.61 Å². The van der Waals surface area contributed by atoms with Gasteiger partial charge < -0.3 is 9.47 Å². The van der Waals surface area contributed by atoms with E-state index in [0.717, 1.165) is 18.1 Å². The van der Waals surface area contributed by atoms with E-state index in [4.69, 9.17) is 9.47 Å². The normalized spacial score (nSPS) is 35.1. The quantitative estimate of drug-likeness (QED) is 0.575. The highest BCUT2D eigenvalue weighted by Crippen LogP contribution is 2.60. The molecule has 0 aliphatic heterocycles. The average Bonchev–Trinajstić information content (AvgIpc) is 2.63. The fourth-order valence-electron chi connectivity index (χ4n) is 6.17. The minimum atomic E-state index is -0.0890. The van der Waals surface area contributed by atoms with E-state index < -0.39 is 0 Å². The maximum absolute atomic E-state index is 12.4. The Morgan fingerprint density at radius 3 is 2.41 bits per heavy atom. The minimum absolute atomic E-state index is 0.0890. The van der Waals surface area contributed by atoms with Crippen LogP contribution < -0.4 is 4.74 Å². The largest absolute Gasteiger partial charge is 0.493 e. The molecular weight excluding hydrogens is 336 g/mol. The molecule has 0 amide bonds. The summed E-state index contributed by atoms with van der Waals surface area (Å²) >= 11 is 0. The van der Waals surface area contributed by atoms with E-state index in [1.54, 1.807) is 0 Å². The molecule has 4 aliphatic carbocycles. The zero-order chi connectivity index (χ0) is 19.0. The van der Waals surface area contributed by atoms with E-state index in [1.807, 2.05) is 12.1 Å². The predicted molar refractivity (Wildman–Crippen MR) is 107 cm³/mol. The molecule has 4 saturated carbocycles. The minimum Gasteiger partial charge on any atom is -0.493 e. The number of rotatable bonds is 7. The van der Waals surface area contributed by atoms with Gasteiger partial charge in [-0.15, -0.1) is 0 Å². The van der Waals surface area contributed by atoms with Crippen LogP contribution in [0.1, 0.15) is 77.2 Å². The molecule has 4 fully saturated rings. The number of benzene rings is 1. The second-order valence-corrected chi connectivity index (χ2v) is 9.71. The van der Waals surface area contributed by atoms with Crippen LogP contribution in [0, 0.1) is 23.2 Å². The van der Waals surface area contributed by atoms with E-state index in [1.165, 1.54) is 37.7 Å². The predicted octanol–water partition coefficient (Wildman–Crippen LogP) is 5.73. The summed E-state index contributed by atoms with van der Waals surface area (Å²) in [6.07, 6.45) is 8.06. The summed E-state index contributed by atoms with van der Waals surface area (Å²) in [5, 5.41) is 0. The smallest absolute Gasteiger partial charge is 0.309 e. The second-order valence-electron chi connectivity index (χ2n) is 9.71. The van der Waals surface area contributed by atoms with Gasteiger partial charge in [-0.25, -0.2) is 0 Å². The first kappa shape index (κ1) is 18.8. The molecule has 0 N–H and O–H groups in total. The SMILES string of the molecule is CCC(C)c1ccc(OCCC(=O)OC2C3CC4CC2CC(C)(C4)C3)cc1. The van der Waals surface area contributed by atoms with Gasteiger partial charge in [-0.2, -0.15) is 0 Å². The van der Waals surface area contributed by atoms with Crippen LogP contribution in [0.3, 0.4) is 0 Å². The third-order valence-corrected chi connectivity index (χ3v) is 7.40. The fraction of sp³-hybridized carbons (Fsp3) is 0.708. The molecular formula is C24H34O3. The molecule has 3 unspecified atom stereocenters. The number of esters is 1. The summed E-state index contributed by atoms with van der Waals surface area (Å²) in [6.45, 7) is 7.27. The second kappa shape index (κ2) is 7.48. The maximum Gasteiger partial charge on any atom is 0.309 e. The van der Waals surface area contributed by atoms with Crippen molar-refractivity contribution in [3.63, 3.8) is 0 Å². The molecule has 148 valence electrons. The maximum atomic E-state index is 12.4. The summed E-state index contributed by atoms with van der Waals surface area (Å²) in [4.78, 5) is 12.4. The third kappa shape index (κ3) is 4.02. The standard InChI is InChI=1S/C24H34O3/c1-4-16(2)18-5-7-21(8-6-18)26-10-9-22(25)27-23-19-11-17-12-20(23)15-24(3,13-17)14-19/h5-8,16-17,19-20,23H,4,9-15H2,1-3H3. The van der Waals surface area contributed by atoms with Gasteiger partial charge in [0.2, 0.25) is 0 Å². The molecule has 27 heavy (non-hydrogen) atoms. The highest BCUT2D eigenvalue weighted by molar-refractivity contribution is 5.69. The summed E-state index contributed by atoms with van der Waals surface area (Å²) in [6, 6.07) is 8.25. The molecule has 4 aliphatic rings. The van der Waals surface area contributed by atoms with Crippen molar-refractivity contribution in [2.24, 2.45) is 23.2 Å². The zero-order valence-electron chi connectivity index (χ0n) is 17.1. The van der Waals surface area contributed by atoms with Gasteiger partial charge >= 0.3 is 5.97 Å². The van der Waals surface area contributed by atoms with Gasteiger partial charge in [0.25, 0.3) is 0 Å². The highest BCUT2D eigenvalue weighted by Gasteiger charge is 2.54. The molecule has 0 aromatic heterocycles. The first-order chi connectivity index (χ1) is 13.0. The first-order valence-corrected chi connectivity index (χ1v) is 10.9. The Morgan fingerprint density at radius 1 is 1.15 bits per heavy atom. The van der Waals surface area contributed by atoms with Gasteiger partial charge in [0.15, 0.2) is 0 Å². The average molecular weight is 371 g/mol. The lowest BCUT2D eigenvalue weighted by Gasteiger charge is -2.58. The Labute approximate surface area is 163 Å². The van der Waals surface area contributed by atoms with E-state index in [-0.39, 0.29) is 12.1 Å². The molecule has 0 spiro atoms. The summed E-state index contributed by atoms with van der Waals surface area (Å²) < 4.78 is 11.7. The number of ether oxygens (including phenoxy) is 2. The molecule has 5 rings (SSSR count). The number of carbonyl (C=O) groups excluding carboxylic acids is 1. The van der Waals surface area contributed by atoms with Crippen LogP contribution in [0.4, 0.5) is 0 Å². The molecule has 1 aromatic rings. The van der Waals surface area contributed by atoms with Crippen molar-refractivity contribution >= 4 is 5.97 Å². The number of hydrogen-bond donors (Lipinski definition) is 0. The molecule has 3 nitrogen and oxygen atoms in total. The third-order valence-electron chi connectivity index (χ3n) is 7.40. The zero-order valence-corrected chi connectivity index (χ0v) is 17.1. The summed E-state index contributed by atoms with van der Waals surface area (Å²) in [7, 11) is 0. The Balaban J connectivity index is 1.24. The van der Waals surface area contributed by atoms with Crippen molar-refractivity contribution < 1.29 is 14.3 Å². The van der Waals surface area contributed by atoms with Crippen molar-refractivity contribution in [3.8, 4) is 5.75 Å². The van der Waals surface area contributed by atoms with Gasteiger partial charge in [-0.1, -0.05) is 32.9 Å². The van der Waals surface area contributed by atoms with E-state index in [9.17, 15) is 4.79 Å². The van der Waals surface area contributed by atoms with Crippen LogP contribution in [0.5, 0.6) is 5.75 Å². The topological polar surface area (TPSA) is 35.5 Å². The Hall–Kier alpha value is -1.51. The van der Waals surface area contributed by atoms with E-state index >= 15 is 0 Å². The van der Waals surface area contributed by atoms with Gasteiger partial charge in [-0.05, 0) is 85.3 Å². The van der Waals surface area contributed by atoms with Crippen molar-refractivity contribution in [3.05, 3.63) is 29.8 Å². The number of carbonyl (C=O) groups is 1. The van der Waals surface area contributed by atoms with Gasteiger partial charge in [0, 0.05) is 0 Å². The monoisotopic (exact) mass is 370 g/mol. The molecule has 1 aromatic carbocycles. The van der Waals surface area contributed by atoms with Crippen molar-refractivity contribution in [1.82, 2.24) is 0 Å². The molecule has 4 bridgehead atoms. The van der Waals surface area contributed by atoms with Gasteiger partial charge in [-0.3, -0.25) is 4.79 Å². The summed E-state index contributed by atoms with van der Waals surface area (Å²) in [5.41, 5.74) is 1.85. The van der Waals surface area contributed by atoms with Crippen LogP contribution in [0.2, 0.25) is 0 Å². The molecule has 0 heterocycles. The van der Waals surface area contributed by atoms with E-state index in [0.29, 0.717) is 36.2 Å². The van der Waals surface area contributed by atoms with Crippen LogP contribution >= 0.6 is 0 Å². The van der Waals surface area contributed by atoms with Gasteiger partial charge in [0.05, 0.1) is 13.0 Å². The lowest BCUT2D eigenvalue weighted by Crippen LogP contribution is -2.53. The van der Waals surface area contributed by atoms with Crippen molar-refractivity contribution in [2.45, 2.75) is 77.7 Å². The Kier molecular flexibility index (Phi) is 5.22. The molecule has 3 atom stereocenters.